The summed E-state index contributed by atoms with van der Waals surface area (Å²) < 4.78 is 10.4. The number of hydrogen-bond acceptors (Lipinski definition) is 4. The molecule has 0 aromatic heterocycles. The van der Waals surface area contributed by atoms with E-state index in [4.69, 9.17) is 9.47 Å². The third-order valence-corrected chi connectivity index (χ3v) is 4.05. The molecule has 1 heterocycles. The summed E-state index contributed by atoms with van der Waals surface area (Å²) in [5.74, 6) is -0.0627. The van der Waals surface area contributed by atoms with Gasteiger partial charge >= 0.3 is 5.97 Å². The van der Waals surface area contributed by atoms with Crippen LogP contribution in [0.1, 0.15) is 39.5 Å². The molecule has 0 aromatic rings. The molecule has 96 valence electrons. The van der Waals surface area contributed by atoms with E-state index in [1.165, 1.54) is 0 Å². The molecule has 1 aliphatic carbocycles. The van der Waals surface area contributed by atoms with E-state index >= 15 is 0 Å². The van der Waals surface area contributed by atoms with Crippen molar-refractivity contribution in [1.29, 1.82) is 0 Å². The Hall–Kier alpha value is -0.900. The Morgan fingerprint density at radius 2 is 1.94 bits per heavy atom. The second-order valence-electron chi connectivity index (χ2n) is 5.08. The maximum atomic E-state index is 12.2. The van der Waals surface area contributed by atoms with Crippen molar-refractivity contribution in [2.75, 3.05) is 19.8 Å². The topological polar surface area (TPSA) is 52.6 Å². The Morgan fingerprint density at radius 1 is 1.24 bits per heavy atom. The van der Waals surface area contributed by atoms with E-state index in [0.717, 1.165) is 12.8 Å². The lowest BCUT2D eigenvalue weighted by atomic mass is 9.89. The van der Waals surface area contributed by atoms with Crippen LogP contribution in [0.25, 0.3) is 0 Å². The SMILES string of the molecule is CCCCC(=O)[C@@]12COC[C@]1(C(=O)OCC)C2. The van der Waals surface area contributed by atoms with Crippen LogP contribution in [0.15, 0.2) is 0 Å². The van der Waals surface area contributed by atoms with Gasteiger partial charge in [0.05, 0.1) is 25.2 Å². The molecule has 0 spiro atoms. The lowest BCUT2D eigenvalue weighted by Crippen LogP contribution is -2.30. The smallest absolute Gasteiger partial charge is 0.315 e. The standard InChI is InChI=1S/C13H20O4/c1-3-5-6-10(14)12-7-13(12,9-16-8-12)11(15)17-4-2/h3-9H2,1-2H3/t12-,13+/m1/s1. The molecule has 2 aliphatic rings. The van der Waals surface area contributed by atoms with E-state index in [1.54, 1.807) is 6.92 Å². The predicted molar refractivity (Wildman–Crippen MR) is 61.5 cm³/mol. The van der Waals surface area contributed by atoms with Gasteiger partial charge in [-0.05, 0) is 19.8 Å². The van der Waals surface area contributed by atoms with Crippen LogP contribution in [0.4, 0.5) is 0 Å². The van der Waals surface area contributed by atoms with Crippen molar-refractivity contribution in [1.82, 2.24) is 0 Å². The van der Waals surface area contributed by atoms with Crippen molar-refractivity contribution in [3.8, 4) is 0 Å². The zero-order valence-electron chi connectivity index (χ0n) is 10.6. The molecular weight excluding hydrogens is 220 g/mol. The number of hydrogen-bond donors (Lipinski definition) is 0. The van der Waals surface area contributed by atoms with Gasteiger partial charge in [0.25, 0.3) is 0 Å². The third kappa shape index (κ3) is 1.69. The maximum absolute atomic E-state index is 12.2. The third-order valence-electron chi connectivity index (χ3n) is 4.05. The number of rotatable bonds is 6. The zero-order valence-corrected chi connectivity index (χ0v) is 10.6. The van der Waals surface area contributed by atoms with Crippen molar-refractivity contribution < 1.29 is 19.1 Å². The molecule has 17 heavy (non-hydrogen) atoms. The van der Waals surface area contributed by atoms with Crippen molar-refractivity contribution in [3.05, 3.63) is 0 Å². The largest absolute Gasteiger partial charge is 0.465 e. The highest BCUT2D eigenvalue weighted by Crippen LogP contribution is 2.69. The van der Waals surface area contributed by atoms with Crippen LogP contribution in [-0.2, 0) is 19.1 Å². The van der Waals surface area contributed by atoms with Gasteiger partial charge in [-0.2, -0.15) is 0 Å². The van der Waals surface area contributed by atoms with Gasteiger partial charge < -0.3 is 9.47 Å². The van der Waals surface area contributed by atoms with Crippen LogP contribution < -0.4 is 0 Å². The predicted octanol–water partition coefficient (Wildman–Crippen LogP) is 1.72. The summed E-state index contributed by atoms with van der Waals surface area (Å²) >= 11 is 0. The molecule has 4 nitrogen and oxygen atoms in total. The van der Waals surface area contributed by atoms with Crippen LogP contribution in [-0.4, -0.2) is 31.6 Å². The van der Waals surface area contributed by atoms with Gasteiger partial charge in [-0.1, -0.05) is 13.3 Å². The second kappa shape index (κ2) is 4.41. The zero-order chi connectivity index (χ0) is 12.5. The minimum Gasteiger partial charge on any atom is -0.465 e. The highest BCUT2D eigenvalue weighted by atomic mass is 16.5. The average molecular weight is 240 g/mol. The number of fused-ring (bicyclic) bond motifs is 1. The van der Waals surface area contributed by atoms with Gasteiger partial charge in [0.2, 0.25) is 0 Å². The summed E-state index contributed by atoms with van der Waals surface area (Å²) in [6.07, 6.45) is 3.07. The Morgan fingerprint density at radius 3 is 2.59 bits per heavy atom. The van der Waals surface area contributed by atoms with Crippen molar-refractivity contribution in [2.45, 2.75) is 39.5 Å². The van der Waals surface area contributed by atoms with E-state index in [0.29, 0.717) is 32.7 Å². The van der Waals surface area contributed by atoms with Gasteiger partial charge in [0.1, 0.15) is 11.2 Å². The van der Waals surface area contributed by atoms with Gasteiger partial charge in [-0.3, -0.25) is 9.59 Å². The van der Waals surface area contributed by atoms with Crippen LogP contribution in [0.2, 0.25) is 0 Å². The molecule has 2 rings (SSSR count). The lowest BCUT2D eigenvalue weighted by molar-refractivity contribution is -0.152. The molecule has 0 bridgehead atoms. The molecular formula is C13H20O4. The Kier molecular flexibility index (Phi) is 3.25. The summed E-state index contributed by atoms with van der Waals surface area (Å²) in [7, 11) is 0. The van der Waals surface area contributed by atoms with Crippen molar-refractivity contribution in [3.63, 3.8) is 0 Å². The molecule has 2 fully saturated rings. The van der Waals surface area contributed by atoms with Crippen LogP contribution in [0, 0.1) is 10.8 Å². The molecule has 0 aromatic carbocycles. The number of ketones is 1. The van der Waals surface area contributed by atoms with Gasteiger partial charge in [-0.15, -0.1) is 0 Å². The summed E-state index contributed by atoms with van der Waals surface area (Å²) in [6.45, 7) is 4.95. The van der Waals surface area contributed by atoms with E-state index in [2.05, 4.69) is 6.92 Å². The minimum absolute atomic E-state index is 0.185. The quantitative estimate of drug-likeness (QED) is 0.663. The Labute approximate surface area is 102 Å². The first-order valence-corrected chi connectivity index (χ1v) is 6.41. The number of Topliss-reactive ketones (excluding diaryl/α,β-unsaturated/α-hetero) is 1. The second-order valence-corrected chi connectivity index (χ2v) is 5.08. The first-order valence-electron chi connectivity index (χ1n) is 6.41. The van der Waals surface area contributed by atoms with E-state index in [9.17, 15) is 9.59 Å². The maximum Gasteiger partial charge on any atom is 0.315 e. The molecule has 0 radical (unpaired) electrons. The lowest BCUT2D eigenvalue weighted by Gasteiger charge is -2.13. The molecule has 4 heteroatoms. The number of carbonyl (C=O) groups is 2. The first-order chi connectivity index (χ1) is 8.13. The highest BCUT2D eigenvalue weighted by Gasteiger charge is 2.79. The first kappa shape index (κ1) is 12.6. The van der Waals surface area contributed by atoms with E-state index < -0.39 is 10.8 Å². The van der Waals surface area contributed by atoms with Crippen molar-refractivity contribution >= 4 is 11.8 Å². The monoisotopic (exact) mass is 240 g/mol. The van der Waals surface area contributed by atoms with Crippen LogP contribution in [0.3, 0.4) is 0 Å². The minimum atomic E-state index is -0.645. The fourth-order valence-electron chi connectivity index (χ4n) is 2.87. The molecule has 1 saturated carbocycles. The number of unbranched alkanes of at least 4 members (excludes halogenated alkanes) is 1. The average Bonchev–Trinajstić information content (AvgIpc) is 2.86. The molecule has 0 amide bonds. The van der Waals surface area contributed by atoms with Gasteiger partial charge in [-0.25, -0.2) is 0 Å². The fourth-order valence-corrected chi connectivity index (χ4v) is 2.87. The summed E-state index contributed by atoms with van der Waals surface area (Å²) in [6, 6.07) is 0. The van der Waals surface area contributed by atoms with Gasteiger partial charge in [0.15, 0.2) is 0 Å². The number of ether oxygens (including phenoxy) is 2. The molecule has 1 aliphatic heterocycles. The van der Waals surface area contributed by atoms with Crippen molar-refractivity contribution in [2.24, 2.45) is 10.8 Å². The summed E-state index contributed by atoms with van der Waals surface area (Å²) in [5, 5.41) is 0. The highest BCUT2D eigenvalue weighted by molar-refractivity contribution is 5.99. The molecule has 1 saturated heterocycles. The Bertz CT molecular complexity index is 338. The number of carbonyl (C=O) groups excluding carboxylic acids is 2. The van der Waals surface area contributed by atoms with Crippen LogP contribution in [0.5, 0.6) is 0 Å². The normalized spacial score (nSPS) is 34.2. The summed E-state index contributed by atoms with van der Waals surface area (Å²) in [4.78, 5) is 24.1. The Balaban J connectivity index is 2.07. The van der Waals surface area contributed by atoms with Crippen LogP contribution >= 0.6 is 0 Å². The molecule has 2 atom stereocenters. The molecule has 0 N–H and O–H groups in total. The van der Waals surface area contributed by atoms with E-state index in [1.807, 2.05) is 0 Å². The van der Waals surface area contributed by atoms with E-state index in [-0.39, 0.29) is 11.8 Å². The summed E-state index contributed by atoms with van der Waals surface area (Å²) in [5.41, 5.74) is -1.19. The van der Waals surface area contributed by atoms with Gasteiger partial charge in [0, 0.05) is 6.42 Å². The fraction of sp³-hybridized carbons (Fsp3) is 0.846. The number of esters is 1. The molecule has 0 unspecified atom stereocenters.